The zero-order chi connectivity index (χ0) is 19.6. The predicted octanol–water partition coefficient (Wildman–Crippen LogP) is 5.37. The molecule has 0 bridgehead atoms. The molecule has 1 atom stereocenters. The van der Waals surface area contributed by atoms with Gasteiger partial charge < -0.3 is 10.2 Å². The summed E-state index contributed by atoms with van der Waals surface area (Å²) in [5, 5.41) is 3.00. The standard InChI is InChI=1S/C19H19ClF3N3O/c1-12-3-2-8-26(11-12)18(27)17-10-14(6-7-24-17)25-16-9-13(19(21,22)23)4-5-15(16)20/h4-7,9-10,12H,2-3,8,11H2,1H3,(H,24,25). The number of rotatable bonds is 3. The Morgan fingerprint density at radius 3 is 2.78 bits per heavy atom. The molecule has 1 aromatic carbocycles. The minimum absolute atomic E-state index is 0.114. The van der Waals surface area contributed by atoms with Crippen LogP contribution in [0.15, 0.2) is 36.5 Å². The third kappa shape index (κ3) is 4.71. The summed E-state index contributed by atoms with van der Waals surface area (Å²) in [5.74, 6) is 0.258. The van der Waals surface area contributed by atoms with E-state index < -0.39 is 11.7 Å². The molecule has 0 radical (unpaired) electrons. The number of nitrogens with one attached hydrogen (secondary N) is 1. The SMILES string of the molecule is CC1CCCN(C(=O)c2cc(Nc3cc(C(F)(F)F)ccc3Cl)ccn2)C1. The lowest BCUT2D eigenvalue weighted by molar-refractivity contribution is -0.137. The normalized spacial score (nSPS) is 17.7. The molecule has 144 valence electrons. The van der Waals surface area contributed by atoms with Gasteiger partial charge in [-0.1, -0.05) is 18.5 Å². The minimum atomic E-state index is -4.47. The Morgan fingerprint density at radius 2 is 2.07 bits per heavy atom. The average Bonchev–Trinajstić information content (AvgIpc) is 2.62. The van der Waals surface area contributed by atoms with Gasteiger partial charge in [0.15, 0.2) is 0 Å². The molecule has 4 nitrogen and oxygen atoms in total. The number of piperidine rings is 1. The average molecular weight is 398 g/mol. The van der Waals surface area contributed by atoms with Crippen molar-refractivity contribution in [3.8, 4) is 0 Å². The summed E-state index contributed by atoms with van der Waals surface area (Å²) in [5.41, 5.74) is 0.00146. The van der Waals surface area contributed by atoms with E-state index in [0.717, 1.165) is 25.0 Å². The maximum absolute atomic E-state index is 12.9. The first-order chi connectivity index (χ1) is 12.7. The largest absolute Gasteiger partial charge is 0.416 e. The monoisotopic (exact) mass is 397 g/mol. The van der Waals surface area contributed by atoms with E-state index in [4.69, 9.17) is 11.6 Å². The molecule has 1 aromatic heterocycles. The van der Waals surface area contributed by atoms with Crippen molar-refractivity contribution in [2.45, 2.75) is 25.9 Å². The highest BCUT2D eigenvalue weighted by Gasteiger charge is 2.31. The molecule has 0 saturated carbocycles. The first-order valence-electron chi connectivity index (χ1n) is 8.63. The molecule has 0 aliphatic carbocycles. The van der Waals surface area contributed by atoms with Crippen molar-refractivity contribution in [1.82, 2.24) is 9.88 Å². The van der Waals surface area contributed by atoms with Gasteiger partial charge in [0.05, 0.1) is 16.3 Å². The van der Waals surface area contributed by atoms with Crippen molar-refractivity contribution in [2.75, 3.05) is 18.4 Å². The van der Waals surface area contributed by atoms with Crippen molar-refractivity contribution < 1.29 is 18.0 Å². The van der Waals surface area contributed by atoms with Crippen LogP contribution >= 0.6 is 11.6 Å². The van der Waals surface area contributed by atoms with Crippen molar-refractivity contribution in [2.24, 2.45) is 5.92 Å². The van der Waals surface area contributed by atoms with Crippen LogP contribution in [-0.4, -0.2) is 28.9 Å². The number of hydrogen-bond acceptors (Lipinski definition) is 3. The Kier molecular flexibility index (Phi) is 5.60. The Bertz CT molecular complexity index is 841. The Balaban J connectivity index is 1.81. The molecular weight excluding hydrogens is 379 g/mol. The molecule has 2 heterocycles. The molecule has 1 saturated heterocycles. The molecule has 3 rings (SSSR count). The van der Waals surface area contributed by atoms with Crippen LogP contribution < -0.4 is 5.32 Å². The summed E-state index contributed by atoms with van der Waals surface area (Å²) in [6.45, 7) is 3.46. The number of alkyl halides is 3. The van der Waals surface area contributed by atoms with E-state index in [1.165, 1.54) is 18.3 Å². The topological polar surface area (TPSA) is 45.2 Å². The highest BCUT2D eigenvalue weighted by atomic mass is 35.5. The van der Waals surface area contributed by atoms with Crippen LogP contribution in [0, 0.1) is 5.92 Å². The smallest absolute Gasteiger partial charge is 0.354 e. The van der Waals surface area contributed by atoms with Crippen LogP contribution in [0.2, 0.25) is 5.02 Å². The summed E-state index contributed by atoms with van der Waals surface area (Å²) in [6.07, 6.45) is -0.979. The summed E-state index contributed by atoms with van der Waals surface area (Å²) >= 11 is 6.02. The van der Waals surface area contributed by atoms with Gasteiger partial charge in [0.25, 0.3) is 5.91 Å². The van der Waals surface area contributed by atoms with Gasteiger partial charge in [-0.05, 0) is 49.1 Å². The first kappa shape index (κ1) is 19.5. The fourth-order valence-electron chi connectivity index (χ4n) is 3.11. The van der Waals surface area contributed by atoms with Crippen molar-refractivity contribution in [3.63, 3.8) is 0 Å². The lowest BCUT2D eigenvalue weighted by Crippen LogP contribution is -2.39. The highest BCUT2D eigenvalue weighted by molar-refractivity contribution is 6.33. The van der Waals surface area contributed by atoms with Gasteiger partial charge in [0, 0.05) is 25.0 Å². The molecule has 27 heavy (non-hydrogen) atoms. The second-order valence-corrected chi connectivity index (χ2v) is 7.15. The maximum Gasteiger partial charge on any atom is 0.416 e. The van der Waals surface area contributed by atoms with E-state index in [0.29, 0.717) is 24.7 Å². The number of amides is 1. The quantitative estimate of drug-likeness (QED) is 0.757. The van der Waals surface area contributed by atoms with E-state index in [1.807, 2.05) is 0 Å². The fraction of sp³-hybridized carbons (Fsp3) is 0.368. The van der Waals surface area contributed by atoms with E-state index in [9.17, 15) is 18.0 Å². The summed E-state index contributed by atoms with van der Waals surface area (Å²) in [6, 6.07) is 6.16. The maximum atomic E-state index is 12.9. The van der Waals surface area contributed by atoms with Gasteiger partial charge in [-0.2, -0.15) is 13.2 Å². The van der Waals surface area contributed by atoms with Gasteiger partial charge >= 0.3 is 6.18 Å². The lowest BCUT2D eigenvalue weighted by Gasteiger charge is -2.30. The number of nitrogens with zero attached hydrogens (tertiary/aromatic N) is 2. The highest BCUT2D eigenvalue weighted by Crippen LogP contribution is 2.35. The number of aromatic nitrogens is 1. The third-order valence-corrected chi connectivity index (χ3v) is 4.83. The van der Waals surface area contributed by atoms with Gasteiger partial charge in [-0.3, -0.25) is 9.78 Å². The Morgan fingerprint density at radius 1 is 1.30 bits per heavy atom. The molecule has 1 aliphatic heterocycles. The van der Waals surface area contributed by atoms with Gasteiger partial charge in [-0.15, -0.1) is 0 Å². The van der Waals surface area contributed by atoms with Crippen LogP contribution in [0.25, 0.3) is 0 Å². The molecule has 1 fully saturated rings. The Labute approximate surface area is 160 Å². The molecule has 1 aliphatic rings. The Hall–Kier alpha value is -2.28. The van der Waals surface area contributed by atoms with Crippen LogP contribution in [0.1, 0.15) is 35.8 Å². The lowest BCUT2D eigenvalue weighted by atomic mass is 10.00. The fourth-order valence-corrected chi connectivity index (χ4v) is 3.28. The minimum Gasteiger partial charge on any atom is -0.354 e. The number of pyridine rings is 1. The van der Waals surface area contributed by atoms with Crippen LogP contribution in [0.4, 0.5) is 24.5 Å². The second kappa shape index (κ2) is 7.76. The number of halogens is 4. The molecular formula is C19H19ClF3N3O. The molecule has 1 unspecified atom stereocenters. The molecule has 0 spiro atoms. The molecule has 1 N–H and O–H groups in total. The van der Waals surface area contributed by atoms with E-state index in [-0.39, 0.29) is 22.3 Å². The van der Waals surface area contributed by atoms with Crippen molar-refractivity contribution in [1.29, 1.82) is 0 Å². The van der Waals surface area contributed by atoms with E-state index >= 15 is 0 Å². The van der Waals surface area contributed by atoms with E-state index in [2.05, 4.69) is 17.2 Å². The summed E-state index contributed by atoms with van der Waals surface area (Å²) in [7, 11) is 0. The van der Waals surface area contributed by atoms with Crippen molar-refractivity contribution >= 4 is 28.9 Å². The van der Waals surface area contributed by atoms with Gasteiger partial charge in [0.2, 0.25) is 0 Å². The molecule has 8 heteroatoms. The predicted molar refractivity (Wildman–Crippen MR) is 98.3 cm³/mol. The number of carbonyl (C=O) groups excluding carboxylic acids is 1. The first-order valence-corrected chi connectivity index (χ1v) is 9.01. The molecule has 1 amide bonds. The van der Waals surface area contributed by atoms with Crippen LogP contribution in [-0.2, 0) is 6.18 Å². The summed E-state index contributed by atoms with van der Waals surface area (Å²) < 4.78 is 38.7. The third-order valence-electron chi connectivity index (χ3n) is 4.50. The number of carbonyl (C=O) groups is 1. The zero-order valence-electron chi connectivity index (χ0n) is 14.7. The molecule has 2 aromatic rings. The van der Waals surface area contributed by atoms with Gasteiger partial charge in [0.1, 0.15) is 5.69 Å². The van der Waals surface area contributed by atoms with E-state index in [1.54, 1.807) is 11.0 Å². The number of benzene rings is 1. The van der Waals surface area contributed by atoms with Gasteiger partial charge in [-0.25, -0.2) is 0 Å². The number of likely N-dealkylation sites (tertiary alicyclic amines) is 1. The van der Waals surface area contributed by atoms with Crippen molar-refractivity contribution in [3.05, 3.63) is 52.8 Å². The summed E-state index contributed by atoms with van der Waals surface area (Å²) in [4.78, 5) is 18.5. The number of hydrogen-bond donors (Lipinski definition) is 1. The van der Waals surface area contributed by atoms with Crippen LogP contribution in [0.5, 0.6) is 0 Å². The van der Waals surface area contributed by atoms with Crippen LogP contribution in [0.3, 0.4) is 0 Å². The zero-order valence-corrected chi connectivity index (χ0v) is 15.4. The number of anilines is 2. The second-order valence-electron chi connectivity index (χ2n) is 6.75.